The number of pyridine rings is 6. The second-order valence-electron chi connectivity index (χ2n) is 14.1. The van der Waals surface area contributed by atoms with Gasteiger partial charge in [0, 0.05) is 75.0 Å². The Bertz CT molecular complexity index is 3330. The molecule has 0 radical (unpaired) electrons. The fourth-order valence-corrected chi connectivity index (χ4v) is 7.82. The molecule has 0 unspecified atom stereocenters. The van der Waals surface area contributed by atoms with Crippen LogP contribution in [-0.2, 0) is 0 Å². The minimum absolute atomic E-state index is 0.0718. The molecule has 10 aromatic rings. The van der Waals surface area contributed by atoms with Crippen LogP contribution in [0.5, 0.6) is 0 Å². The number of nitrogens with zero attached hydrogens (tertiary/aromatic N) is 4. The van der Waals surface area contributed by atoms with Crippen LogP contribution in [0.3, 0.4) is 0 Å². The summed E-state index contributed by atoms with van der Waals surface area (Å²) in [4.78, 5) is 52.3. The first kappa shape index (κ1) is 33.0. The van der Waals surface area contributed by atoms with Crippen molar-refractivity contribution in [3.8, 4) is 55.9 Å². The van der Waals surface area contributed by atoms with Gasteiger partial charge in [-0.05, 0) is 84.6 Å². The van der Waals surface area contributed by atoms with E-state index in [1.807, 2.05) is 98.9 Å². The van der Waals surface area contributed by atoms with Crippen molar-refractivity contribution in [2.75, 3.05) is 0 Å². The Morgan fingerprint density at radius 3 is 2.16 bits per heavy atom. The molecule has 6 aromatic heterocycles. The van der Waals surface area contributed by atoms with Gasteiger partial charge in [-0.25, -0.2) is 9.97 Å². The average molecular weight is 725 g/mol. The summed E-state index contributed by atoms with van der Waals surface area (Å²) in [6.45, 7) is 3.86. The lowest BCUT2D eigenvalue weighted by molar-refractivity contribution is 1.19. The Kier molecular flexibility index (Phi) is 7.71. The van der Waals surface area contributed by atoms with Gasteiger partial charge < -0.3 is 9.97 Å². The van der Waals surface area contributed by atoms with E-state index < -0.39 is 0 Å². The maximum absolute atomic E-state index is 13.2. The highest BCUT2D eigenvalue weighted by atomic mass is 16.1. The van der Waals surface area contributed by atoms with Crippen LogP contribution in [0.25, 0.3) is 99.8 Å². The van der Waals surface area contributed by atoms with Crippen molar-refractivity contribution in [2.45, 2.75) is 13.8 Å². The Labute approximate surface area is 320 Å². The van der Waals surface area contributed by atoms with E-state index in [9.17, 15) is 9.59 Å². The maximum atomic E-state index is 13.2. The van der Waals surface area contributed by atoms with Crippen molar-refractivity contribution < 1.29 is 0 Å². The molecular weight excluding hydrogens is 693 g/mol. The molecule has 0 amide bonds. The van der Waals surface area contributed by atoms with E-state index in [1.54, 1.807) is 24.5 Å². The van der Waals surface area contributed by atoms with Gasteiger partial charge in [-0.3, -0.25) is 19.6 Å². The fourth-order valence-electron chi connectivity index (χ4n) is 7.82. The van der Waals surface area contributed by atoms with Gasteiger partial charge >= 0.3 is 0 Å². The van der Waals surface area contributed by atoms with Crippen LogP contribution >= 0.6 is 0 Å². The van der Waals surface area contributed by atoms with Crippen molar-refractivity contribution in [2.24, 2.45) is 0 Å². The second kappa shape index (κ2) is 13.1. The summed E-state index contributed by atoms with van der Waals surface area (Å²) >= 11 is 0. The smallest absolute Gasteiger partial charge is 0.191 e. The Hall–Kier alpha value is -7.58. The van der Waals surface area contributed by atoms with E-state index in [4.69, 9.17) is 15.0 Å². The number of H-pyrrole nitrogens is 2. The number of nitrogens with one attached hydrogen (secondary N) is 2. The molecular formula is C48H32N6O2. The van der Waals surface area contributed by atoms with E-state index in [1.165, 1.54) is 0 Å². The largest absolute Gasteiger partial charge is 0.346 e. The molecule has 0 aliphatic carbocycles. The molecule has 2 N–H and O–H groups in total. The molecule has 0 fully saturated rings. The van der Waals surface area contributed by atoms with Crippen LogP contribution in [-0.4, -0.2) is 29.9 Å². The number of aromatic amines is 2. The van der Waals surface area contributed by atoms with E-state index in [2.05, 4.69) is 51.4 Å². The highest BCUT2D eigenvalue weighted by Crippen LogP contribution is 2.39. The number of aryl methyl sites for hydroxylation is 2. The molecule has 0 atom stereocenters. The highest BCUT2D eigenvalue weighted by molar-refractivity contribution is 5.98. The summed E-state index contributed by atoms with van der Waals surface area (Å²) < 4.78 is 0. The quantitative estimate of drug-likeness (QED) is 0.182. The predicted octanol–water partition coefficient (Wildman–Crippen LogP) is 10.2. The van der Waals surface area contributed by atoms with Gasteiger partial charge in [0.15, 0.2) is 10.9 Å². The molecule has 0 spiro atoms. The standard InChI is InChI=1S/C48H32N6O2/c1-27-20-42(56)38-25-37(31-13-15-39-32(22-31)12-7-18-49-39)45(53-47(38)52-27)34-11-6-10-30(21-34)36-24-35-23-33(14-16-40(35)51-26-36)43-28(2)44-41(55)17-19-50-48(44)54-46(43)29-8-4-3-5-9-29/h3-26H,1-2H3,(H,50,54,55)(H,52,53,56). The first-order valence-corrected chi connectivity index (χ1v) is 18.4. The number of rotatable bonds is 5. The average Bonchev–Trinajstić information content (AvgIpc) is 3.23. The molecule has 0 saturated heterocycles. The van der Waals surface area contributed by atoms with Gasteiger partial charge in [0.2, 0.25) is 0 Å². The lowest BCUT2D eigenvalue weighted by Gasteiger charge is -2.16. The normalized spacial score (nSPS) is 11.5. The summed E-state index contributed by atoms with van der Waals surface area (Å²) in [7, 11) is 0. The van der Waals surface area contributed by atoms with Crippen molar-refractivity contribution in [1.29, 1.82) is 0 Å². The zero-order valence-electron chi connectivity index (χ0n) is 30.5. The van der Waals surface area contributed by atoms with E-state index >= 15 is 0 Å². The molecule has 0 bridgehead atoms. The van der Waals surface area contributed by atoms with Crippen LogP contribution in [0.1, 0.15) is 11.3 Å². The number of hydrogen-bond acceptors (Lipinski definition) is 6. The number of aromatic nitrogens is 6. The summed E-state index contributed by atoms with van der Waals surface area (Å²) in [5.74, 6) is 0. The Morgan fingerprint density at radius 2 is 1.29 bits per heavy atom. The van der Waals surface area contributed by atoms with Gasteiger partial charge in [0.05, 0.1) is 33.2 Å². The summed E-state index contributed by atoms with van der Waals surface area (Å²) in [5, 5.41) is 3.06. The minimum atomic E-state index is -0.0771. The van der Waals surface area contributed by atoms with Crippen LogP contribution in [0.2, 0.25) is 0 Å². The molecule has 0 aliphatic heterocycles. The molecule has 6 heterocycles. The van der Waals surface area contributed by atoms with Crippen LogP contribution in [0.4, 0.5) is 0 Å². The minimum Gasteiger partial charge on any atom is -0.346 e. The third kappa shape index (κ3) is 5.63. The van der Waals surface area contributed by atoms with Crippen molar-refractivity contribution >= 4 is 43.9 Å². The first-order chi connectivity index (χ1) is 27.4. The second-order valence-corrected chi connectivity index (χ2v) is 14.1. The summed E-state index contributed by atoms with van der Waals surface area (Å²) in [6, 6.07) is 41.9. The number of hydrogen-bond donors (Lipinski definition) is 2. The van der Waals surface area contributed by atoms with Crippen molar-refractivity contribution in [3.05, 3.63) is 178 Å². The zero-order chi connectivity index (χ0) is 37.9. The first-order valence-electron chi connectivity index (χ1n) is 18.4. The molecule has 0 aliphatic rings. The molecule has 56 heavy (non-hydrogen) atoms. The number of fused-ring (bicyclic) bond motifs is 4. The Morgan fingerprint density at radius 1 is 0.536 bits per heavy atom. The van der Waals surface area contributed by atoms with Gasteiger partial charge in [0.1, 0.15) is 11.3 Å². The van der Waals surface area contributed by atoms with Crippen molar-refractivity contribution in [1.82, 2.24) is 29.9 Å². The van der Waals surface area contributed by atoms with Gasteiger partial charge in [0.25, 0.3) is 0 Å². The van der Waals surface area contributed by atoms with Crippen LogP contribution in [0, 0.1) is 13.8 Å². The molecule has 4 aromatic carbocycles. The molecule has 10 rings (SSSR count). The monoisotopic (exact) mass is 724 g/mol. The molecule has 0 saturated carbocycles. The van der Waals surface area contributed by atoms with E-state index in [-0.39, 0.29) is 10.9 Å². The zero-order valence-corrected chi connectivity index (χ0v) is 30.5. The van der Waals surface area contributed by atoms with Crippen LogP contribution < -0.4 is 10.9 Å². The maximum Gasteiger partial charge on any atom is 0.191 e. The lowest BCUT2D eigenvalue weighted by atomic mass is 9.92. The summed E-state index contributed by atoms with van der Waals surface area (Å²) in [6.07, 6.45) is 5.32. The molecule has 266 valence electrons. The number of benzene rings is 4. The molecule has 8 heteroatoms. The lowest BCUT2D eigenvalue weighted by Crippen LogP contribution is -2.06. The van der Waals surface area contributed by atoms with Gasteiger partial charge in [-0.2, -0.15) is 0 Å². The van der Waals surface area contributed by atoms with Crippen LogP contribution in [0.15, 0.2) is 156 Å². The van der Waals surface area contributed by atoms with E-state index in [0.717, 1.165) is 89.0 Å². The Balaban J connectivity index is 1.12. The molecule has 8 nitrogen and oxygen atoms in total. The van der Waals surface area contributed by atoms with E-state index in [0.29, 0.717) is 22.1 Å². The highest BCUT2D eigenvalue weighted by Gasteiger charge is 2.19. The predicted molar refractivity (Wildman–Crippen MR) is 226 cm³/mol. The van der Waals surface area contributed by atoms with Gasteiger partial charge in [-0.15, -0.1) is 0 Å². The topological polar surface area (TPSA) is 117 Å². The third-order valence-electron chi connectivity index (χ3n) is 10.5. The van der Waals surface area contributed by atoms with Gasteiger partial charge in [-0.1, -0.05) is 66.7 Å². The third-order valence-corrected chi connectivity index (χ3v) is 10.5. The summed E-state index contributed by atoms with van der Waals surface area (Å²) in [5.41, 5.74) is 13.3. The fraction of sp³-hybridized carbons (Fsp3) is 0.0417. The van der Waals surface area contributed by atoms with Crippen molar-refractivity contribution in [3.63, 3.8) is 0 Å². The SMILES string of the molecule is Cc1cc(=O)c2cc(-c3ccc4ncccc4c3)c(-c3cccc(-c4cnc5ccc(-c6c(-c7ccccc7)nc7[nH]ccc(=O)c7c6C)cc5c4)c3)nc2[nH]1.